The summed E-state index contributed by atoms with van der Waals surface area (Å²) in [6, 6.07) is 0.401. The lowest BCUT2D eigenvalue weighted by atomic mass is 9.89. The second kappa shape index (κ2) is 8.53. The van der Waals surface area contributed by atoms with E-state index in [0.717, 1.165) is 25.1 Å². The van der Waals surface area contributed by atoms with Crippen molar-refractivity contribution in [3.8, 4) is 0 Å². The predicted octanol–water partition coefficient (Wildman–Crippen LogP) is 4.62. The molecule has 0 bridgehead atoms. The average molecular weight is 295 g/mol. The maximum atomic E-state index is 4.36. The maximum Gasteiger partial charge on any atom is 0.0857 e. The van der Waals surface area contributed by atoms with Crippen LogP contribution in [0.1, 0.15) is 76.4 Å². The zero-order chi connectivity index (χ0) is 15.0. The van der Waals surface area contributed by atoms with Gasteiger partial charge in [0.2, 0.25) is 0 Å². The molecular weight excluding hydrogens is 266 g/mol. The molecule has 0 radical (unpaired) electrons. The van der Waals surface area contributed by atoms with Crippen LogP contribution in [0.4, 0.5) is 0 Å². The van der Waals surface area contributed by atoms with Crippen LogP contribution in [0.3, 0.4) is 0 Å². The molecular formula is C16H29N3S. The number of nitrogens with zero attached hydrogens (tertiary/aromatic N) is 2. The molecule has 3 nitrogen and oxygen atoms in total. The van der Waals surface area contributed by atoms with Crippen molar-refractivity contribution >= 4 is 11.5 Å². The number of allylic oxidation sites excluding steroid dienone is 1. The first kappa shape index (κ1) is 17.3. The average Bonchev–Trinajstić information content (AvgIpc) is 2.86. The summed E-state index contributed by atoms with van der Waals surface area (Å²) in [6.07, 6.45) is 8.05. The second-order valence-electron chi connectivity index (χ2n) is 6.27. The highest BCUT2D eigenvalue weighted by Gasteiger charge is 2.26. The third kappa shape index (κ3) is 5.33. The number of hydrogen-bond donors (Lipinski definition) is 1. The van der Waals surface area contributed by atoms with Gasteiger partial charge in [0.25, 0.3) is 0 Å². The quantitative estimate of drug-likeness (QED) is 0.533. The molecule has 1 unspecified atom stereocenters. The second-order valence-corrected chi connectivity index (χ2v) is 7.06. The summed E-state index contributed by atoms with van der Waals surface area (Å²) in [5.41, 5.74) is 1.22. The lowest BCUT2D eigenvalue weighted by molar-refractivity contribution is 0.472. The van der Waals surface area contributed by atoms with Gasteiger partial charge in [-0.25, -0.2) is 0 Å². The van der Waals surface area contributed by atoms with Crippen molar-refractivity contribution in [2.75, 3.05) is 6.54 Å². The zero-order valence-electron chi connectivity index (χ0n) is 13.4. The molecule has 1 atom stereocenters. The van der Waals surface area contributed by atoms with Crippen LogP contribution in [-0.4, -0.2) is 16.1 Å². The molecule has 1 aromatic heterocycles. The fraction of sp³-hybridized carbons (Fsp3) is 0.750. The monoisotopic (exact) mass is 295 g/mol. The molecule has 1 N–H and O–H groups in total. The van der Waals surface area contributed by atoms with Gasteiger partial charge in [0.1, 0.15) is 0 Å². The summed E-state index contributed by atoms with van der Waals surface area (Å²) in [7, 11) is 0. The van der Waals surface area contributed by atoms with E-state index < -0.39 is 0 Å². The minimum absolute atomic E-state index is 0.0683. The molecule has 0 aliphatic carbocycles. The van der Waals surface area contributed by atoms with Crippen LogP contribution in [0, 0.1) is 0 Å². The Hall–Kier alpha value is -0.740. The van der Waals surface area contributed by atoms with E-state index in [4.69, 9.17) is 0 Å². The molecule has 0 saturated carbocycles. The summed E-state index contributed by atoms with van der Waals surface area (Å²) in [4.78, 5) is 1.32. The smallest absolute Gasteiger partial charge is 0.0857 e. The standard InChI is InChI=1S/C16H29N3S/c1-6-8-9-10-11-12-13(17-7-2)14-15(16(3,4)5)18-19-20-14/h6,13,17H,1,7-12H2,2-5H3. The van der Waals surface area contributed by atoms with Crippen molar-refractivity contribution in [2.45, 2.75) is 71.3 Å². The minimum atomic E-state index is 0.0683. The fourth-order valence-electron chi connectivity index (χ4n) is 2.33. The number of rotatable bonds is 9. The van der Waals surface area contributed by atoms with Gasteiger partial charge in [0.05, 0.1) is 10.6 Å². The number of nitrogens with one attached hydrogen (secondary N) is 1. The molecule has 1 heterocycles. The minimum Gasteiger partial charge on any atom is -0.309 e. The molecule has 0 spiro atoms. The van der Waals surface area contributed by atoms with Gasteiger partial charge < -0.3 is 5.32 Å². The van der Waals surface area contributed by atoms with Crippen LogP contribution in [0.15, 0.2) is 12.7 Å². The predicted molar refractivity (Wildman–Crippen MR) is 88.3 cm³/mol. The number of aromatic nitrogens is 2. The van der Waals surface area contributed by atoms with Crippen LogP contribution in [0.2, 0.25) is 0 Å². The van der Waals surface area contributed by atoms with Crippen molar-refractivity contribution in [1.29, 1.82) is 0 Å². The van der Waals surface area contributed by atoms with Crippen molar-refractivity contribution in [2.24, 2.45) is 0 Å². The normalized spacial score (nSPS) is 13.4. The van der Waals surface area contributed by atoms with E-state index in [2.05, 4.69) is 49.2 Å². The Morgan fingerprint density at radius 2 is 2.05 bits per heavy atom. The van der Waals surface area contributed by atoms with Gasteiger partial charge in [-0.05, 0) is 37.3 Å². The Labute approximate surface area is 128 Å². The summed E-state index contributed by atoms with van der Waals surface area (Å²) in [6.45, 7) is 13.5. The van der Waals surface area contributed by atoms with Gasteiger partial charge in [0, 0.05) is 11.5 Å². The molecule has 0 aliphatic rings. The van der Waals surface area contributed by atoms with Crippen LogP contribution >= 0.6 is 11.5 Å². The van der Waals surface area contributed by atoms with Crippen LogP contribution < -0.4 is 5.32 Å². The van der Waals surface area contributed by atoms with Crippen molar-refractivity contribution < 1.29 is 0 Å². The van der Waals surface area contributed by atoms with Crippen molar-refractivity contribution in [3.63, 3.8) is 0 Å². The SMILES string of the molecule is C=CCCCCCC(NCC)c1snnc1C(C)(C)C. The van der Waals surface area contributed by atoms with E-state index in [9.17, 15) is 0 Å². The highest BCUT2D eigenvalue weighted by molar-refractivity contribution is 7.05. The van der Waals surface area contributed by atoms with E-state index in [1.165, 1.54) is 24.1 Å². The molecule has 0 saturated heterocycles. The fourth-order valence-corrected chi connectivity index (χ4v) is 3.30. The van der Waals surface area contributed by atoms with E-state index >= 15 is 0 Å². The largest absolute Gasteiger partial charge is 0.309 e. The highest BCUT2D eigenvalue weighted by atomic mass is 32.1. The van der Waals surface area contributed by atoms with E-state index in [1.807, 2.05) is 6.08 Å². The Kier molecular flexibility index (Phi) is 7.38. The first-order valence-corrected chi connectivity index (χ1v) is 8.45. The Morgan fingerprint density at radius 1 is 1.30 bits per heavy atom. The number of hydrogen-bond acceptors (Lipinski definition) is 4. The maximum absolute atomic E-state index is 4.36. The summed E-state index contributed by atoms with van der Waals surface area (Å²) < 4.78 is 4.19. The Morgan fingerprint density at radius 3 is 2.65 bits per heavy atom. The lowest BCUT2D eigenvalue weighted by Crippen LogP contribution is -2.24. The summed E-state index contributed by atoms with van der Waals surface area (Å²) >= 11 is 1.55. The van der Waals surface area contributed by atoms with Gasteiger partial charge in [0.15, 0.2) is 0 Å². The molecule has 114 valence electrons. The van der Waals surface area contributed by atoms with Gasteiger partial charge in [-0.15, -0.1) is 11.7 Å². The van der Waals surface area contributed by atoms with Crippen LogP contribution in [0.5, 0.6) is 0 Å². The van der Waals surface area contributed by atoms with Crippen LogP contribution in [0.25, 0.3) is 0 Å². The van der Waals surface area contributed by atoms with E-state index in [1.54, 1.807) is 11.5 Å². The van der Waals surface area contributed by atoms with E-state index in [-0.39, 0.29) is 5.41 Å². The van der Waals surface area contributed by atoms with Gasteiger partial charge in [-0.1, -0.05) is 51.1 Å². The summed E-state index contributed by atoms with van der Waals surface area (Å²) in [5, 5.41) is 7.96. The van der Waals surface area contributed by atoms with E-state index in [0.29, 0.717) is 6.04 Å². The zero-order valence-corrected chi connectivity index (χ0v) is 14.2. The van der Waals surface area contributed by atoms with Crippen molar-refractivity contribution in [1.82, 2.24) is 14.9 Å². The first-order chi connectivity index (χ1) is 9.50. The molecule has 0 fully saturated rings. The number of unbranched alkanes of at least 4 members (excludes halogenated alkanes) is 3. The molecule has 4 heteroatoms. The molecule has 0 aromatic carbocycles. The highest BCUT2D eigenvalue weighted by Crippen LogP contribution is 2.32. The molecule has 0 aliphatic heterocycles. The van der Waals surface area contributed by atoms with Gasteiger partial charge >= 0.3 is 0 Å². The van der Waals surface area contributed by atoms with Gasteiger partial charge in [-0.3, -0.25) is 0 Å². The Bertz CT molecular complexity index is 393. The van der Waals surface area contributed by atoms with Crippen LogP contribution in [-0.2, 0) is 5.41 Å². The first-order valence-electron chi connectivity index (χ1n) is 7.67. The third-order valence-electron chi connectivity index (χ3n) is 3.39. The molecule has 1 rings (SSSR count). The topological polar surface area (TPSA) is 37.8 Å². The van der Waals surface area contributed by atoms with Gasteiger partial charge in [-0.2, -0.15) is 0 Å². The third-order valence-corrected chi connectivity index (χ3v) is 4.23. The molecule has 1 aromatic rings. The lowest BCUT2D eigenvalue weighted by Gasteiger charge is -2.22. The Balaban J connectivity index is 2.66. The molecule has 20 heavy (non-hydrogen) atoms. The molecule has 0 amide bonds. The van der Waals surface area contributed by atoms with Crippen molar-refractivity contribution in [3.05, 3.63) is 23.2 Å². The summed E-state index contributed by atoms with van der Waals surface area (Å²) in [5.74, 6) is 0.